The second-order valence-corrected chi connectivity index (χ2v) is 18.6. The zero-order valence-corrected chi connectivity index (χ0v) is 42.2. The first-order valence-electron chi connectivity index (χ1n) is 24.9. The Labute approximate surface area is 442 Å². The van der Waals surface area contributed by atoms with E-state index in [0.717, 1.165) is 16.3 Å². The van der Waals surface area contributed by atoms with Gasteiger partial charge in [0.25, 0.3) is 5.91 Å². The molecule has 25 heteroatoms. The zero-order chi connectivity index (χ0) is 56.0. The second kappa shape index (κ2) is 29.7. The lowest BCUT2D eigenvalue weighted by Gasteiger charge is -2.32. The third kappa shape index (κ3) is 20.8. The van der Waals surface area contributed by atoms with Gasteiger partial charge in [0, 0.05) is 83.0 Å². The van der Waals surface area contributed by atoms with E-state index in [9.17, 15) is 73.5 Å². The SMILES string of the molecule is O=C(O)CC[C@H](NC(=O)N[C@@H](CCCCNC(=O)[C@H](Cc1ccc2ccccc2c1)NC(=O)c1ccc2cc(NC(=O)CN3CCN(CC(=O)O)CCN(CC(=O)O)CCN(CC(=O)O)CC3)ccc2c1)C(=O)O)C(=O)O. The van der Waals surface area contributed by atoms with Crippen molar-refractivity contribution in [3.63, 3.8) is 0 Å². The molecular formula is C52H65N9O16. The van der Waals surface area contributed by atoms with E-state index in [1.165, 1.54) is 0 Å². The summed E-state index contributed by atoms with van der Waals surface area (Å²) in [5, 5.41) is 72.5. The number of fused-ring (bicyclic) bond motifs is 2. The minimum Gasteiger partial charge on any atom is -0.481 e. The van der Waals surface area contributed by atoms with Crippen LogP contribution in [0.2, 0.25) is 0 Å². The normalized spacial score (nSPS) is 15.4. The quantitative estimate of drug-likeness (QED) is 0.0392. The number of benzene rings is 4. The van der Waals surface area contributed by atoms with Crippen molar-refractivity contribution in [2.75, 3.05) is 90.4 Å². The van der Waals surface area contributed by atoms with E-state index in [2.05, 4.69) is 26.6 Å². The van der Waals surface area contributed by atoms with Crippen molar-refractivity contribution >= 4 is 86.8 Å². The Hall–Kier alpha value is -8.26. The molecular weight excluding hydrogens is 1010 g/mol. The Balaban J connectivity index is 1.22. The first kappa shape index (κ1) is 59.6. The molecule has 11 N–H and O–H groups in total. The number of hydrogen-bond donors (Lipinski definition) is 11. The third-order valence-electron chi connectivity index (χ3n) is 12.7. The highest BCUT2D eigenvalue weighted by Crippen LogP contribution is 2.22. The van der Waals surface area contributed by atoms with E-state index in [1.807, 2.05) is 42.5 Å². The van der Waals surface area contributed by atoms with Crippen LogP contribution < -0.4 is 26.6 Å². The van der Waals surface area contributed by atoms with Gasteiger partial charge in [0.05, 0.1) is 26.2 Å². The number of carbonyl (C=O) groups excluding carboxylic acids is 4. The van der Waals surface area contributed by atoms with Crippen molar-refractivity contribution in [3.8, 4) is 0 Å². The van der Waals surface area contributed by atoms with Crippen LogP contribution in [0.15, 0.2) is 78.9 Å². The number of amides is 5. The van der Waals surface area contributed by atoms with E-state index in [-0.39, 0.29) is 116 Å². The molecule has 4 aromatic carbocycles. The molecule has 1 aliphatic heterocycles. The molecule has 3 atom stereocenters. The predicted octanol–water partition coefficient (Wildman–Crippen LogP) is 1.10. The molecule has 0 radical (unpaired) electrons. The van der Waals surface area contributed by atoms with Gasteiger partial charge in [-0.2, -0.15) is 0 Å². The molecule has 5 rings (SSSR count). The lowest BCUT2D eigenvalue weighted by molar-refractivity contribution is -0.141. The standard InChI is InChI=1S/C52H65N9O16/c62-43(29-58-17-19-59(30-45(65)66)21-23-61(32-47(69)70)24-22-60(20-18-58)31-46(67)68)54-39-13-12-36-27-38(11-10-37(36)28-39)48(71)55-42(26-33-8-9-34-5-1-2-6-35(34)25-33)49(72)53-16-4-3-7-40(50(73)74)56-52(77)57-41(51(75)76)14-15-44(63)64/h1-2,5-6,8-13,25,27-28,40-42H,3-4,7,14-24,26,29-32H2,(H,53,72)(H,54,62)(H,55,71)(H,63,64)(H,65,66)(H,67,68)(H,69,70)(H,73,74)(H,75,76)(H2,56,57,77)/t40-,41-,42-/m0/s1. The number of carbonyl (C=O) groups is 10. The average molecular weight is 1070 g/mol. The number of aliphatic carboxylic acids is 6. The first-order chi connectivity index (χ1) is 36.7. The predicted molar refractivity (Wildman–Crippen MR) is 278 cm³/mol. The van der Waals surface area contributed by atoms with Crippen LogP contribution in [0.5, 0.6) is 0 Å². The number of nitrogens with one attached hydrogen (secondary N) is 5. The van der Waals surface area contributed by atoms with E-state index in [1.54, 1.807) is 56.0 Å². The fourth-order valence-corrected chi connectivity index (χ4v) is 8.65. The molecule has 1 aliphatic rings. The van der Waals surface area contributed by atoms with Crippen molar-refractivity contribution < 1.29 is 78.6 Å². The topological polar surface area (TPSA) is 365 Å². The summed E-state index contributed by atoms with van der Waals surface area (Å²) in [5.41, 5.74) is 1.43. The van der Waals surface area contributed by atoms with Gasteiger partial charge >= 0.3 is 41.8 Å². The summed E-state index contributed by atoms with van der Waals surface area (Å²) in [5.74, 6) is -8.83. The monoisotopic (exact) mass is 1070 g/mol. The van der Waals surface area contributed by atoms with Gasteiger partial charge in [-0.3, -0.25) is 53.2 Å². The van der Waals surface area contributed by atoms with E-state index in [0.29, 0.717) is 16.5 Å². The summed E-state index contributed by atoms with van der Waals surface area (Å²) in [6.45, 7) is 0.970. The van der Waals surface area contributed by atoms with Crippen LogP contribution in [0.25, 0.3) is 21.5 Å². The largest absolute Gasteiger partial charge is 0.481 e. The number of urea groups is 1. The Morgan fingerprint density at radius 2 is 0.974 bits per heavy atom. The van der Waals surface area contributed by atoms with Crippen molar-refractivity contribution in [1.29, 1.82) is 0 Å². The summed E-state index contributed by atoms with van der Waals surface area (Å²) >= 11 is 0. The molecule has 0 saturated carbocycles. The highest BCUT2D eigenvalue weighted by molar-refractivity contribution is 6.02. The summed E-state index contributed by atoms with van der Waals surface area (Å²) < 4.78 is 0. The Kier molecular flexibility index (Phi) is 23.0. The van der Waals surface area contributed by atoms with Gasteiger partial charge < -0.3 is 57.2 Å². The van der Waals surface area contributed by atoms with Crippen LogP contribution in [0, 0.1) is 0 Å². The lowest BCUT2D eigenvalue weighted by atomic mass is 10.0. The van der Waals surface area contributed by atoms with Gasteiger partial charge in [-0.15, -0.1) is 0 Å². The van der Waals surface area contributed by atoms with Gasteiger partial charge in [-0.1, -0.05) is 54.6 Å². The fourth-order valence-electron chi connectivity index (χ4n) is 8.65. The maximum absolute atomic E-state index is 13.9. The lowest BCUT2D eigenvalue weighted by Crippen LogP contribution is -2.51. The van der Waals surface area contributed by atoms with Gasteiger partial charge in [-0.05, 0) is 77.1 Å². The van der Waals surface area contributed by atoms with E-state index < -0.39 is 90.5 Å². The van der Waals surface area contributed by atoms with Crippen LogP contribution in [0.1, 0.15) is 48.0 Å². The van der Waals surface area contributed by atoms with Gasteiger partial charge in [0.2, 0.25) is 11.8 Å². The number of carboxylic acids is 6. The van der Waals surface area contributed by atoms with Gasteiger partial charge in [0.1, 0.15) is 18.1 Å². The number of rotatable bonds is 26. The van der Waals surface area contributed by atoms with Crippen LogP contribution in [0.3, 0.4) is 0 Å². The van der Waals surface area contributed by atoms with E-state index >= 15 is 0 Å². The smallest absolute Gasteiger partial charge is 0.326 e. The average Bonchev–Trinajstić information content (AvgIpc) is 3.37. The van der Waals surface area contributed by atoms with Crippen LogP contribution in [0.4, 0.5) is 10.5 Å². The molecule has 5 amide bonds. The first-order valence-corrected chi connectivity index (χ1v) is 24.9. The number of hydrogen-bond acceptors (Lipinski definition) is 14. The van der Waals surface area contributed by atoms with Crippen LogP contribution in [-0.4, -0.2) is 213 Å². The zero-order valence-electron chi connectivity index (χ0n) is 42.2. The molecule has 1 fully saturated rings. The molecule has 0 bridgehead atoms. The molecule has 0 aliphatic carbocycles. The van der Waals surface area contributed by atoms with Crippen LogP contribution in [-0.2, 0) is 44.8 Å². The second-order valence-electron chi connectivity index (χ2n) is 18.6. The van der Waals surface area contributed by atoms with Crippen molar-refractivity contribution in [1.82, 2.24) is 40.9 Å². The number of nitrogens with zero attached hydrogens (tertiary/aromatic N) is 4. The highest BCUT2D eigenvalue weighted by atomic mass is 16.4. The number of unbranched alkanes of at least 4 members (excludes halogenated alkanes) is 1. The maximum Gasteiger partial charge on any atom is 0.326 e. The fraction of sp³-hybridized carbons (Fsp3) is 0.423. The molecule has 414 valence electrons. The summed E-state index contributed by atoms with van der Waals surface area (Å²) in [6, 6.07) is 18.1. The summed E-state index contributed by atoms with van der Waals surface area (Å²) in [7, 11) is 0. The minimum absolute atomic E-state index is 0.0674. The molecule has 0 unspecified atom stereocenters. The maximum atomic E-state index is 13.9. The minimum atomic E-state index is -1.56. The van der Waals surface area contributed by atoms with Crippen molar-refractivity contribution in [3.05, 3.63) is 90.0 Å². The van der Waals surface area contributed by atoms with Gasteiger partial charge in [0.15, 0.2) is 0 Å². The third-order valence-corrected chi connectivity index (χ3v) is 12.7. The molecule has 0 aromatic heterocycles. The number of anilines is 1. The van der Waals surface area contributed by atoms with E-state index in [4.69, 9.17) is 5.11 Å². The molecule has 0 spiro atoms. The number of carboxylic acid groups (broad SMARTS) is 6. The summed E-state index contributed by atoms with van der Waals surface area (Å²) in [6.07, 6.45) is -0.486. The molecule has 4 aromatic rings. The molecule has 1 saturated heterocycles. The van der Waals surface area contributed by atoms with Crippen molar-refractivity contribution in [2.24, 2.45) is 0 Å². The van der Waals surface area contributed by atoms with Gasteiger partial charge in [-0.25, -0.2) is 14.4 Å². The Morgan fingerprint density at radius 1 is 0.481 bits per heavy atom. The van der Waals surface area contributed by atoms with Crippen LogP contribution >= 0.6 is 0 Å². The summed E-state index contributed by atoms with van der Waals surface area (Å²) in [4.78, 5) is 130. The molecule has 25 nitrogen and oxygen atoms in total. The molecule has 1 heterocycles. The molecule has 77 heavy (non-hydrogen) atoms. The van der Waals surface area contributed by atoms with Crippen molar-refractivity contribution in [2.45, 2.75) is 56.7 Å². The Morgan fingerprint density at radius 3 is 1.52 bits per heavy atom. The highest BCUT2D eigenvalue weighted by Gasteiger charge is 2.27. The Bertz CT molecular complexity index is 2750.